The lowest BCUT2D eigenvalue weighted by molar-refractivity contribution is -0.137. The van der Waals surface area contributed by atoms with E-state index in [-0.39, 0.29) is 17.9 Å². The van der Waals surface area contributed by atoms with Crippen LogP contribution in [0.15, 0.2) is 41.3 Å². The van der Waals surface area contributed by atoms with Gasteiger partial charge in [-0.05, 0) is 36.4 Å². The molecule has 2 aromatic rings. The number of thioether (sulfide) groups is 1. The van der Waals surface area contributed by atoms with Crippen molar-refractivity contribution in [2.24, 2.45) is 5.92 Å². The van der Waals surface area contributed by atoms with Crippen molar-refractivity contribution in [1.82, 2.24) is 0 Å². The number of benzene rings is 2. The van der Waals surface area contributed by atoms with E-state index in [4.69, 9.17) is 14.2 Å². The fourth-order valence-electron chi connectivity index (χ4n) is 3.30. The summed E-state index contributed by atoms with van der Waals surface area (Å²) in [4.78, 5) is 0.484. The molecule has 28 heavy (non-hydrogen) atoms. The van der Waals surface area contributed by atoms with Gasteiger partial charge in [0.1, 0.15) is 5.82 Å². The third kappa shape index (κ3) is 3.70. The number of hydrogen-bond donors (Lipinski definition) is 0. The molecule has 2 aromatic carbocycles. The summed E-state index contributed by atoms with van der Waals surface area (Å²) in [5, 5.41) is -0.653. The number of rotatable bonds is 3. The molecule has 0 amide bonds. The SMILES string of the molecule is Fc1ccc(F)c2c1OC[C@@H](C1OCCO1)[C@@H]2Sc1ccc(C(F)(F)F)cc1. The Balaban J connectivity index is 1.69. The maximum absolute atomic E-state index is 14.6. The van der Waals surface area contributed by atoms with Gasteiger partial charge >= 0.3 is 6.18 Å². The first-order chi connectivity index (χ1) is 13.3. The Kier molecular flexibility index (Phi) is 5.24. The number of halogens is 5. The second-order valence-corrected chi connectivity index (χ2v) is 7.63. The number of hydrogen-bond acceptors (Lipinski definition) is 4. The molecular weight excluding hydrogens is 403 g/mol. The van der Waals surface area contributed by atoms with E-state index in [9.17, 15) is 22.0 Å². The van der Waals surface area contributed by atoms with Gasteiger partial charge in [-0.2, -0.15) is 13.2 Å². The molecule has 0 saturated carbocycles. The van der Waals surface area contributed by atoms with Crippen LogP contribution in [0.3, 0.4) is 0 Å². The van der Waals surface area contributed by atoms with Crippen molar-refractivity contribution in [2.45, 2.75) is 22.6 Å². The summed E-state index contributed by atoms with van der Waals surface area (Å²) in [5.74, 6) is -1.98. The fraction of sp³-hybridized carbons (Fsp3) is 0.368. The minimum atomic E-state index is -4.45. The van der Waals surface area contributed by atoms with Gasteiger partial charge in [-0.1, -0.05) is 0 Å². The maximum Gasteiger partial charge on any atom is 0.416 e. The van der Waals surface area contributed by atoms with Crippen LogP contribution in [0.5, 0.6) is 5.75 Å². The van der Waals surface area contributed by atoms with Crippen molar-refractivity contribution < 1.29 is 36.2 Å². The van der Waals surface area contributed by atoms with Crippen molar-refractivity contribution in [2.75, 3.05) is 19.8 Å². The molecule has 150 valence electrons. The molecule has 2 heterocycles. The summed E-state index contributed by atoms with van der Waals surface area (Å²) in [6, 6.07) is 6.54. The number of alkyl halides is 3. The van der Waals surface area contributed by atoms with Gasteiger partial charge in [0.15, 0.2) is 17.9 Å². The third-order valence-electron chi connectivity index (χ3n) is 4.63. The highest BCUT2D eigenvalue weighted by molar-refractivity contribution is 7.99. The van der Waals surface area contributed by atoms with Crippen molar-refractivity contribution in [3.8, 4) is 5.75 Å². The number of ether oxygens (including phenoxy) is 3. The largest absolute Gasteiger partial charge is 0.490 e. The van der Waals surface area contributed by atoms with Crippen molar-refractivity contribution in [3.05, 3.63) is 59.2 Å². The van der Waals surface area contributed by atoms with Gasteiger partial charge in [-0.3, -0.25) is 0 Å². The lowest BCUT2D eigenvalue weighted by atomic mass is 9.94. The van der Waals surface area contributed by atoms with Gasteiger partial charge < -0.3 is 14.2 Å². The van der Waals surface area contributed by atoms with Gasteiger partial charge in [-0.25, -0.2) is 8.78 Å². The molecule has 1 saturated heterocycles. The Labute approximate surface area is 161 Å². The normalized spacial score (nSPS) is 22.8. The van der Waals surface area contributed by atoms with Crippen molar-refractivity contribution >= 4 is 11.8 Å². The average molecular weight is 418 g/mol. The van der Waals surface area contributed by atoms with Gasteiger partial charge in [-0.15, -0.1) is 11.8 Å². The Hall–Kier alpha value is -1.84. The standard InChI is InChI=1S/C19H15F5O3S/c20-13-5-6-14(21)16-15(13)17(12(9-27-16)18-25-7-8-26-18)28-11-3-1-10(2-4-11)19(22,23)24/h1-6,12,17-18H,7-9H2/t12-,17+/m1/s1. The quantitative estimate of drug-likeness (QED) is 0.641. The van der Waals surface area contributed by atoms with Crippen LogP contribution in [-0.2, 0) is 15.7 Å². The molecule has 0 aliphatic carbocycles. The predicted molar refractivity (Wildman–Crippen MR) is 91.1 cm³/mol. The van der Waals surface area contributed by atoms with Crippen LogP contribution >= 0.6 is 11.8 Å². The van der Waals surface area contributed by atoms with E-state index in [1.54, 1.807) is 0 Å². The third-order valence-corrected chi connectivity index (χ3v) is 6.01. The zero-order valence-corrected chi connectivity index (χ0v) is 15.2. The molecule has 9 heteroatoms. The number of fused-ring (bicyclic) bond motifs is 1. The molecule has 4 rings (SSSR count). The molecule has 0 unspecified atom stereocenters. The molecule has 0 spiro atoms. The van der Waals surface area contributed by atoms with Crippen LogP contribution < -0.4 is 4.74 Å². The summed E-state index contributed by atoms with van der Waals surface area (Å²) in [7, 11) is 0. The van der Waals surface area contributed by atoms with E-state index in [2.05, 4.69) is 0 Å². The summed E-state index contributed by atoms with van der Waals surface area (Å²) in [5.41, 5.74) is -0.749. The molecule has 0 radical (unpaired) electrons. The highest BCUT2D eigenvalue weighted by Gasteiger charge is 2.42. The van der Waals surface area contributed by atoms with Gasteiger partial charge in [0.05, 0.1) is 36.6 Å². The van der Waals surface area contributed by atoms with Crippen LogP contribution in [0.1, 0.15) is 16.4 Å². The van der Waals surface area contributed by atoms with Gasteiger partial charge in [0.2, 0.25) is 0 Å². The van der Waals surface area contributed by atoms with E-state index < -0.39 is 40.8 Å². The fourth-order valence-corrected chi connectivity index (χ4v) is 4.61. The molecule has 1 fully saturated rings. The average Bonchev–Trinajstić information content (AvgIpc) is 3.19. The lowest BCUT2D eigenvalue weighted by Crippen LogP contribution is -2.35. The van der Waals surface area contributed by atoms with Crippen LogP contribution in [0.4, 0.5) is 22.0 Å². The Morgan fingerprint density at radius 1 is 0.893 bits per heavy atom. The van der Waals surface area contributed by atoms with Crippen molar-refractivity contribution in [1.29, 1.82) is 0 Å². The highest BCUT2D eigenvalue weighted by atomic mass is 32.2. The molecule has 2 aliphatic rings. The summed E-state index contributed by atoms with van der Waals surface area (Å²) < 4.78 is 83.6. The molecule has 2 aliphatic heterocycles. The summed E-state index contributed by atoms with van der Waals surface area (Å²) in [6.07, 6.45) is -5.11. The second-order valence-electron chi connectivity index (χ2n) is 6.42. The van der Waals surface area contributed by atoms with Crippen LogP contribution in [-0.4, -0.2) is 26.1 Å². The van der Waals surface area contributed by atoms with Crippen LogP contribution in [0, 0.1) is 17.6 Å². The summed E-state index contributed by atoms with van der Waals surface area (Å²) in [6.45, 7) is 0.783. The zero-order valence-electron chi connectivity index (χ0n) is 14.3. The van der Waals surface area contributed by atoms with Crippen LogP contribution in [0.2, 0.25) is 0 Å². The highest BCUT2D eigenvalue weighted by Crippen LogP contribution is 2.51. The minimum absolute atomic E-state index is 0.0280. The maximum atomic E-state index is 14.6. The van der Waals surface area contributed by atoms with E-state index >= 15 is 0 Å². The predicted octanol–water partition coefficient (Wildman–Crippen LogP) is 5.20. The molecule has 0 bridgehead atoms. The Morgan fingerprint density at radius 2 is 1.54 bits per heavy atom. The van der Waals surface area contributed by atoms with E-state index in [1.165, 1.54) is 12.1 Å². The first kappa shape index (κ1) is 19.5. The van der Waals surface area contributed by atoms with E-state index in [0.29, 0.717) is 18.1 Å². The Bertz CT molecular complexity index is 850. The van der Waals surface area contributed by atoms with Gasteiger partial charge in [0.25, 0.3) is 0 Å². The molecular formula is C19H15F5O3S. The Morgan fingerprint density at radius 3 is 2.18 bits per heavy atom. The second kappa shape index (κ2) is 7.53. The smallest absolute Gasteiger partial charge is 0.416 e. The molecule has 2 atom stereocenters. The first-order valence-electron chi connectivity index (χ1n) is 8.52. The molecule has 0 N–H and O–H groups in total. The zero-order chi connectivity index (χ0) is 19.9. The van der Waals surface area contributed by atoms with Crippen molar-refractivity contribution in [3.63, 3.8) is 0 Å². The minimum Gasteiger partial charge on any atom is -0.490 e. The summed E-state index contributed by atoms with van der Waals surface area (Å²) >= 11 is 1.13. The lowest BCUT2D eigenvalue weighted by Gasteiger charge is -2.35. The topological polar surface area (TPSA) is 27.7 Å². The van der Waals surface area contributed by atoms with Gasteiger partial charge in [0, 0.05) is 10.5 Å². The molecule has 0 aromatic heterocycles. The monoisotopic (exact) mass is 418 g/mol. The van der Waals surface area contributed by atoms with E-state index in [1.807, 2.05) is 0 Å². The first-order valence-corrected chi connectivity index (χ1v) is 9.40. The molecule has 3 nitrogen and oxygen atoms in total. The van der Waals surface area contributed by atoms with E-state index in [0.717, 1.165) is 36.0 Å². The van der Waals surface area contributed by atoms with Crippen LogP contribution in [0.25, 0.3) is 0 Å².